The predicted molar refractivity (Wildman–Crippen MR) is 82.8 cm³/mol. The van der Waals surface area contributed by atoms with Crippen LogP contribution in [-0.2, 0) is 9.53 Å². The van der Waals surface area contributed by atoms with Crippen LogP contribution in [0.3, 0.4) is 0 Å². The van der Waals surface area contributed by atoms with Gasteiger partial charge in [0.1, 0.15) is 11.9 Å². The van der Waals surface area contributed by atoms with Gasteiger partial charge in [-0.15, -0.1) is 0 Å². The molecule has 122 valence electrons. The van der Waals surface area contributed by atoms with Gasteiger partial charge in [-0.3, -0.25) is 14.6 Å². The summed E-state index contributed by atoms with van der Waals surface area (Å²) in [6.45, 7) is 6.05. The Labute approximate surface area is 130 Å². The molecule has 0 spiro atoms. The Morgan fingerprint density at radius 1 is 1.41 bits per heavy atom. The summed E-state index contributed by atoms with van der Waals surface area (Å²) in [5, 5.41) is 0. The van der Waals surface area contributed by atoms with E-state index in [1.54, 1.807) is 19.2 Å². The van der Waals surface area contributed by atoms with Crippen LogP contribution in [0.15, 0.2) is 24.3 Å². The number of primary amides is 1. The highest BCUT2D eigenvalue weighted by molar-refractivity contribution is 5.81. The van der Waals surface area contributed by atoms with Gasteiger partial charge in [-0.1, -0.05) is 12.1 Å². The van der Waals surface area contributed by atoms with Crippen LogP contribution >= 0.6 is 0 Å². The van der Waals surface area contributed by atoms with E-state index in [9.17, 15) is 9.18 Å². The summed E-state index contributed by atoms with van der Waals surface area (Å²) < 4.78 is 18.2. The van der Waals surface area contributed by atoms with E-state index in [1.165, 1.54) is 12.1 Å². The van der Waals surface area contributed by atoms with Crippen molar-refractivity contribution in [2.75, 3.05) is 39.9 Å². The fourth-order valence-corrected chi connectivity index (χ4v) is 3.00. The number of nitrogens with zero attached hydrogens (tertiary/aromatic N) is 2. The second-order valence-electron chi connectivity index (χ2n) is 5.73. The molecule has 1 saturated heterocycles. The highest BCUT2D eigenvalue weighted by Gasteiger charge is 2.31. The minimum Gasteiger partial charge on any atom is -0.383 e. The van der Waals surface area contributed by atoms with Gasteiger partial charge >= 0.3 is 0 Å². The summed E-state index contributed by atoms with van der Waals surface area (Å²) >= 11 is 0. The SMILES string of the molecule is COCCN1CCN([C@@H](C(N)=O)c2ccc(F)cc2)C[C@@H]1C. The number of hydrogen-bond acceptors (Lipinski definition) is 4. The first-order valence-corrected chi connectivity index (χ1v) is 7.54. The van der Waals surface area contributed by atoms with Crippen molar-refractivity contribution in [3.63, 3.8) is 0 Å². The summed E-state index contributed by atoms with van der Waals surface area (Å²) in [6.07, 6.45) is 0. The third-order valence-corrected chi connectivity index (χ3v) is 4.20. The molecule has 2 N–H and O–H groups in total. The molecule has 0 saturated carbocycles. The zero-order valence-corrected chi connectivity index (χ0v) is 13.2. The van der Waals surface area contributed by atoms with E-state index in [0.717, 1.165) is 31.7 Å². The second kappa shape index (κ2) is 7.67. The van der Waals surface area contributed by atoms with Gasteiger partial charge in [0.2, 0.25) is 5.91 Å². The van der Waals surface area contributed by atoms with Crippen molar-refractivity contribution in [3.05, 3.63) is 35.6 Å². The van der Waals surface area contributed by atoms with Crippen LogP contribution < -0.4 is 5.73 Å². The molecule has 1 fully saturated rings. The lowest BCUT2D eigenvalue weighted by Crippen LogP contribution is -2.55. The van der Waals surface area contributed by atoms with Crippen molar-refractivity contribution in [1.29, 1.82) is 0 Å². The molecule has 1 aromatic rings. The lowest BCUT2D eigenvalue weighted by Gasteiger charge is -2.42. The lowest BCUT2D eigenvalue weighted by molar-refractivity contribution is -0.124. The van der Waals surface area contributed by atoms with E-state index in [0.29, 0.717) is 12.6 Å². The van der Waals surface area contributed by atoms with Crippen molar-refractivity contribution in [1.82, 2.24) is 9.80 Å². The zero-order valence-electron chi connectivity index (χ0n) is 13.2. The van der Waals surface area contributed by atoms with Crippen molar-refractivity contribution >= 4 is 5.91 Å². The molecule has 6 heteroatoms. The Bertz CT molecular complexity index is 495. The van der Waals surface area contributed by atoms with Gasteiger partial charge in [0.05, 0.1) is 6.61 Å². The molecule has 5 nitrogen and oxygen atoms in total. The van der Waals surface area contributed by atoms with Gasteiger partial charge in [-0.2, -0.15) is 0 Å². The Morgan fingerprint density at radius 2 is 2.09 bits per heavy atom. The molecular weight excluding hydrogens is 285 g/mol. The first-order valence-electron chi connectivity index (χ1n) is 7.54. The van der Waals surface area contributed by atoms with E-state index >= 15 is 0 Å². The molecule has 0 bridgehead atoms. The summed E-state index contributed by atoms with van der Waals surface area (Å²) in [5.74, 6) is -0.714. The molecule has 2 atom stereocenters. The summed E-state index contributed by atoms with van der Waals surface area (Å²) in [7, 11) is 1.69. The van der Waals surface area contributed by atoms with Gasteiger partial charge in [0.15, 0.2) is 0 Å². The van der Waals surface area contributed by atoms with Crippen LogP contribution in [0, 0.1) is 5.82 Å². The number of ether oxygens (including phenoxy) is 1. The van der Waals surface area contributed by atoms with Crippen LogP contribution in [0.4, 0.5) is 4.39 Å². The average molecular weight is 309 g/mol. The minimum absolute atomic E-state index is 0.311. The fourth-order valence-electron chi connectivity index (χ4n) is 3.00. The van der Waals surface area contributed by atoms with Gasteiger partial charge in [-0.25, -0.2) is 4.39 Å². The summed E-state index contributed by atoms with van der Waals surface area (Å²) in [4.78, 5) is 16.3. The fraction of sp³-hybridized carbons (Fsp3) is 0.562. The van der Waals surface area contributed by atoms with E-state index in [2.05, 4.69) is 16.7 Å². The maximum atomic E-state index is 13.1. The molecule has 0 radical (unpaired) electrons. The Hall–Kier alpha value is -1.50. The van der Waals surface area contributed by atoms with Crippen LogP contribution in [0.25, 0.3) is 0 Å². The Morgan fingerprint density at radius 3 is 2.64 bits per heavy atom. The third-order valence-electron chi connectivity index (χ3n) is 4.20. The highest BCUT2D eigenvalue weighted by atomic mass is 19.1. The molecular formula is C16H24FN3O2. The summed E-state index contributed by atoms with van der Waals surface area (Å²) in [5.41, 5.74) is 6.33. The molecule has 2 rings (SSSR count). The maximum Gasteiger partial charge on any atom is 0.239 e. The smallest absolute Gasteiger partial charge is 0.239 e. The van der Waals surface area contributed by atoms with E-state index < -0.39 is 11.9 Å². The van der Waals surface area contributed by atoms with Gasteiger partial charge in [0, 0.05) is 39.3 Å². The second-order valence-corrected chi connectivity index (χ2v) is 5.73. The first kappa shape index (κ1) is 16.9. The normalized spacial score (nSPS) is 21.7. The van der Waals surface area contributed by atoms with Crippen LogP contribution in [-0.4, -0.2) is 61.6 Å². The molecule has 0 aromatic heterocycles. The molecule has 0 aliphatic carbocycles. The first-order chi connectivity index (χ1) is 10.5. The number of nitrogens with two attached hydrogens (primary N) is 1. The van der Waals surface area contributed by atoms with Gasteiger partial charge in [-0.05, 0) is 24.6 Å². The average Bonchev–Trinajstić information content (AvgIpc) is 2.48. The number of amides is 1. The standard InChI is InChI=1S/C16H24FN3O2/c1-12-11-20(8-7-19(12)9-10-22-2)15(16(18)21)13-3-5-14(17)6-4-13/h3-6,12,15H,7-11H2,1-2H3,(H2,18,21)/t12-,15+/m0/s1. The van der Waals surface area contributed by atoms with E-state index in [-0.39, 0.29) is 5.82 Å². The number of piperazine rings is 1. The van der Waals surface area contributed by atoms with Crippen LogP contribution in [0.1, 0.15) is 18.5 Å². The molecule has 1 amide bonds. The quantitative estimate of drug-likeness (QED) is 0.852. The molecule has 22 heavy (non-hydrogen) atoms. The van der Waals surface area contributed by atoms with Crippen LogP contribution in [0.5, 0.6) is 0 Å². The van der Waals surface area contributed by atoms with Crippen molar-refractivity contribution < 1.29 is 13.9 Å². The van der Waals surface area contributed by atoms with Gasteiger partial charge < -0.3 is 10.5 Å². The predicted octanol–water partition coefficient (Wildman–Crippen LogP) is 1.00. The number of carbonyl (C=O) groups excluding carboxylic acids is 1. The number of benzene rings is 1. The van der Waals surface area contributed by atoms with Crippen molar-refractivity contribution in [3.8, 4) is 0 Å². The zero-order chi connectivity index (χ0) is 16.1. The van der Waals surface area contributed by atoms with Gasteiger partial charge in [0.25, 0.3) is 0 Å². The monoisotopic (exact) mass is 309 g/mol. The lowest BCUT2D eigenvalue weighted by atomic mass is 10.0. The van der Waals surface area contributed by atoms with E-state index in [1.807, 2.05) is 0 Å². The summed E-state index contributed by atoms with van der Waals surface area (Å²) in [6, 6.07) is 5.80. The van der Waals surface area contributed by atoms with Crippen LogP contribution in [0.2, 0.25) is 0 Å². The molecule has 1 aliphatic rings. The highest BCUT2D eigenvalue weighted by Crippen LogP contribution is 2.24. The van der Waals surface area contributed by atoms with E-state index in [4.69, 9.17) is 10.5 Å². The van der Waals surface area contributed by atoms with Crippen molar-refractivity contribution in [2.45, 2.75) is 19.0 Å². The Kier molecular flexibility index (Phi) is 5.88. The number of rotatable bonds is 6. The van der Waals surface area contributed by atoms with Crippen molar-refractivity contribution in [2.24, 2.45) is 5.73 Å². The molecule has 0 unspecified atom stereocenters. The largest absolute Gasteiger partial charge is 0.383 e. The third kappa shape index (κ3) is 4.03. The minimum atomic E-state index is -0.507. The Balaban J connectivity index is 2.08. The molecule has 1 heterocycles. The molecule has 1 aliphatic heterocycles. The number of carbonyl (C=O) groups is 1. The topological polar surface area (TPSA) is 58.8 Å². The molecule has 1 aromatic carbocycles. The number of methoxy groups -OCH3 is 1. The number of halogens is 1. The maximum absolute atomic E-state index is 13.1. The number of hydrogen-bond donors (Lipinski definition) is 1.